The maximum Gasteiger partial charge on any atom is 0.224 e. The Morgan fingerprint density at radius 1 is 1.05 bits per heavy atom. The van der Waals surface area contributed by atoms with E-state index in [1.54, 1.807) is 0 Å². The molecule has 2 aromatic rings. The molecule has 3 rings (SSSR count). The summed E-state index contributed by atoms with van der Waals surface area (Å²) in [5.41, 5.74) is 3.39. The lowest BCUT2D eigenvalue weighted by molar-refractivity contribution is -0.120. The summed E-state index contributed by atoms with van der Waals surface area (Å²) in [4.78, 5) is 12.0. The van der Waals surface area contributed by atoms with Crippen molar-refractivity contribution in [2.45, 2.75) is 25.4 Å². The van der Waals surface area contributed by atoms with Gasteiger partial charge >= 0.3 is 0 Å². The van der Waals surface area contributed by atoms with Crippen molar-refractivity contribution in [3.8, 4) is 11.1 Å². The molecule has 1 aliphatic rings. The van der Waals surface area contributed by atoms with Crippen LogP contribution in [-0.2, 0) is 16.0 Å². The molecule has 0 aromatic heterocycles. The van der Waals surface area contributed by atoms with Gasteiger partial charge in [0.15, 0.2) is 0 Å². The van der Waals surface area contributed by atoms with E-state index in [1.807, 2.05) is 30.3 Å². The summed E-state index contributed by atoms with van der Waals surface area (Å²) in [6.45, 7) is 1.45. The highest BCUT2D eigenvalue weighted by molar-refractivity contribution is 5.78. The van der Waals surface area contributed by atoms with E-state index in [9.17, 15) is 4.79 Å². The number of hydrogen-bond donors (Lipinski definition) is 1. The van der Waals surface area contributed by atoms with Crippen LogP contribution in [0.15, 0.2) is 54.6 Å². The lowest BCUT2D eigenvalue weighted by atomic mass is 10.0. The first kappa shape index (κ1) is 14.8. The maximum absolute atomic E-state index is 12.0. The third kappa shape index (κ3) is 3.95. The van der Waals surface area contributed by atoms with Gasteiger partial charge in [-0.25, -0.2) is 0 Å². The summed E-state index contributed by atoms with van der Waals surface area (Å²) in [5.74, 6) is 0.0583. The Morgan fingerprint density at radius 3 is 2.45 bits per heavy atom. The molecule has 1 aliphatic heterocycles. The number of nitrogens with one attached hydrogen (secondary N) is 1. The Kier molecular flexibility index (Phi) is 4.86. The van der Waals surface area contributed by atoms with Crippen LogP contribution in [0.1, 0.15) is 18.4 Å². The average molecular weight is 295 g/mol. The summed E-state index contributed by atoms with van der Waals surface area (Å²) in [5, 5.41) is 2.96. The quantitative estimate of drug-likeness (QED) is 0.920. The molecule has 0 saturated carbocycles. The van der Waals surface area contributed by atoms with Gasteiger partial charge in [-0.2, -0.15) is 0 Å². The lowest BCUT2D eigenvalue weighted by Crippen LogP contribution is -2.32. The van der Waals surface area contributed by atoms with Gasteiger partial charge in [0.2, 0.25) is 5.91 Å². The molecule has 114 valence electrons. The highest BCUT2D eigenvalue weighted by Crippen LogP contribution is 2.19. The first-order chi connectivity index (χ1) is 10.8. The number of hydrogen-bond acceptors (Lipinski definition) is 2. The van der Waals surface area contributed by atoms with E-state index in [-0.39, 0.29) is 12.0 Å². The van der Waals surface area contributed by atoms with Gasteiger partial charge in [-0.3, -0.25) is 4.79 Å². The van der Waals surface area contributed by atoms with Crippen molar-refractivity contribution in [1.29, 1.82) is 0 Å². The van der Waals surface area contributed by atoms with Crippen LogP contribution in [0, 0.1) is 0 Å². The van der Waals surface area contributed by atoms with Gasteiger partial charge < -0.3 is 10.1 Å². The molecular weight excluding hydrogens is 274 g/mol. The van der Waals surface area contributed by atoms with Gasteiger partial charge in [0.25, 0.3) is 0 Å². The molecule has 3 nitrogen and oxygen atoms in total. The maximum atomic E-state index is 12.0. The Balaban J connectivity index is 1.53. The third-order valence-corrected chi connectivity index (χ3v) is 3.98. The molecule has 1 heterocycles. The molecular formula is C19H21NO2. The van der Waals surface area contributed by atoms with Crippen molar-refractivity contribution in [2.24, 2.45) is 0 Å². The van der Waals surface area contributed by atoms with Crippen molar-refractivity contribution >= 4 is 5.91 Å². The van der Waals surface area contributed by atoms with Crippen LogP contribution in [0.5, 0.6) is 0 Å². The van der Waals surface area contributed by atoms with Crippen molar-refractivity contribution in [3.05, 3.63) is 60.2 Å². The lowest BCUT2D eigenvalue weighted by Gasteiger charge is -2.11. The number of benzene rings is 2. The van der Waals surface area contributed by atoms with Gasteiger partial charge in [0.05, 0.1) is 12.5 Å². The van der Waals surface area contributed by atoms with E-state index in [2.05, 4.69) is 29.6 Å². The monoisotopic (exact) mass is 295 g/mol. The van der Waals surface area contributed by atoms with Crippen LogP contribution in [0.4, 0.5) is 0 Å². The fourth-order valence-corrected chi connectivity index (χ4v) is 2.73. The molecule has 0 spiro atoms. The minimum absolute atomic E-state index is 0.0583. The summed E-state index contributed by atoms with van der Waals surface area (Å²) >= 11 is 0. The van der Waals surface area contributed by atoms with Gasteiger partial charge in [-0.1, -0.05) is 54.6 Å². The standard InChI is InChI=1S/C19H21NO2/c21-19(20-14-18-7-4-12-22-18)13-15-8-10-17(11-9-15)16-5-2-1-3-6-16/h1-3,5-6,8-11,18H,4,7,12-14H2,(H,20,21)/t18-/m1/s1. The van der Waals surface area contributed by atoms with Crippen LogP contribution >= 0.6 is 0 Å². The van der Waals surface area contributed by atoms with Crippen LogP contribution in [0.2, 0.25) is 0 Å². The molecule has 22 heavy (non-hydrogen) atoms. The molecule has 1 atom stereocenters. The second-order valence-electron chi connectivity index (χ2n) is 5.68. The minimum atomic E-state index is 0.0583. The van der Waals surface area contributed by atoms with Crippen LogP contribution in [0.25, 0.3) is 11.1 Å². The molecule has 1 saturated heterocycles. The Hall–Kier alpha value is -2.13. The normalized spacial score (nSPS) is 17.4. The highest BCUT2D eigenvalue weighted by Gasteiger charge is 2.16. The first-order valence-corrected chi connectivity index (χ1v) is 7.84. The minimum Gasteiger partial charge on any atom is -0.376 e. The third-order valence-electron chi connectivity index (χ3n) is 3.98. The molecule has 0 aliphatic carbocycles. The second-order valence-corrected chi connectivity index (χ2v) is 5.68. The fourth-order valence-electron chi connectivity index (χ4n) is 2.73. The zero-order chi connectivity index (χ0) is 15.2. The van der Waals surface area contributed by atoms with E-state index < -0.39 is 0 Å². The zero-order valence-electron chi connectivity index (χ0n) is 12.6. The van der Waals surface area contributed by atoms with Crippen molar-refractivity contribution in [1.82, 2.24) is 5.32 Å². The van der Waals surface area contributed by atoms with Gasteiger partial charge in [-0.05, 0) is 29.5 Å². The predicted octanol–water partition coefficient (Wildman–Crippen LogP) is 3.19. The average Bonchev–Trinajstić information content (AvgIpc) is 3.08. The van der Waals surface area contributed by atoms with Gasteiger partial charge in [0.1, 0.15) is 0 Å². The Labute approximate surface area is 131 Å². The number of carbonyl (C=O) groups excluding carboxylic acids is 1. The summed E-state index contributed by atoms with van der Waals surface area (Å²) < 4.78 is 5.50. The molecule has 0 bridgehead atoms. The topological polar surface area (TPSA) is 38.3 Å². The first-order valence-electron chi connectivity index (χ1n) is 7.84. The summed E-state index contributed by atoms with van der Waals surface area (Å²) in [7, 11) is 0. The molecule has 1 N–H and O–H groups in total. The van der Waals surface area contributed by atoms with E-state index in [4.69, 9.17) is 4.74 Å². The summed E-state index contributed by atoms with van der Waals surface area (Å²) in [6.07, 6.45) is 2.76. The predicted molar refractivity (Wildman–Crippen MR) is 87.6 cm³/mol. The van der Waals surface area contributed by atoms with Gasteiger partial charge in [0, 0.05) is 13.2 Å². The number of ether oxygens (including phenoxy) is 1. The fraction of sp³-hybridized carbons (Fsp3) is 0.316. The molecule has 0 radical (unpaired) electrons. The van der Waals surface area contributed by atoms with Gasteiger partial charge in [-0.15, -0.1) is 0 Å². The number of rotatable bonds is 5. The molecule has 0 unspecified atom stereocenters. The van der Waals surface area contributed by atoms with E-state index in [1.165, 1.54) is 11.1 Å². The molecule has 2 aromatic carbocycles. The van der Waals surface area contributed by atoms with Crippen molar-refractivity contribution in [3.63, 3.8) is 0 Å². The number of amides is 1. The largest absolute Gasteiger partial charge is 0.376 e. The smallest absolute Gasteiger partial charge is 0.224 e. The van der Waals surface area contributed by atoms with Crippen LogP contribution in [0.3, 0.4) is 0 Å². The Morgan fingerprint density at radius 2 is 1.77 bits per heavy atom. The second kappa shape index (κ2) is 7.23. The number of carbonyl (C=O) groups is 1. The molecule has 1 amide bonds. The van der Waals surface area contributed by atoms with Crippen LogP contribution < -0.4 is 5.32 Å². The van der Waals surface area contributed by atoms with E-state index in [0.29, 0.717) is 13.0 Å². The molecule has 1 fully saturated rings. The van der Waals surface area contributed by atoms with E-state index in [0.717, 1.165) is 25.0 Å². The Bertz CT molecular complexity index is 601. The van der Waals surface area contributed by atoms with Crippen LogP contribution in [-0.4, -0.2) is 25.2 Å². The summed E-state index contributed by atoms with van der Waals surface area (Å²) in [6, 6.07) is 18.4. The van der Waals surface area contributed by atoms with Crippen molar-refractivity contribution in [2.75, 3.05) is 13.2 Å². The van der Waals surface area contributed by atoms with E-state index >= 15 is 0 Å². The zero-order valence-corrected chi connectivity index (χ0v) is 12.6. The highest BCUT2D eigenvalue weighted by atomic mass is 16.5. The van der Waals surface area contributed by atoms with Crippen molar-refractivity contribution < 1.29 is 9.53 Å². The SMILES string of the molecule is O=C(Cc1ccc(-c2ccccc2)cc1)NC[C@H]1CCCO1. The molecule has 3 heteroatoms.